The van der Waals surface area contributed by atoms with Crippen LogP contribution in [0.1, 0.15) is 22.5 Å². The zero-order chi connectivity index (χ0) is 11.7. The Labute approximate surface area is 107 Å². The number of nitrogens with zero attached hydrogens (tertiary/aromatic N) is 1. The molecule has 0 radical (unpaired) electrons. The van der Waals surface area contributed by atoms with Crippen LogP contribution >= 0.6 is 27.3 Å². The monoisotopic (exact) mass is 303 g/mol. The van der Waals surface area contributed by atoms with Gasteiger partial charge in [0, 0.05) is 18.1 Å². The standard InChI is InChI=1S/C11H14BrNO2S/c1-13(6-7-4-8(14)5-7)11(15)10-9(12)2-3-16-10/h2-3,7-8,14H,4-6H2,1H3. The van der Waals surface area contributed by atoms with E-state index in [-0.39, 0.29) is 12.0 Å². The molecule has 0 unspecified atom stereocenters. The third-order valence-corrected chi connectivity index (χ3v) is 4.73. The predicted molar refractivity (Wildman–Crippen MR) is 67.7 cm³/mol. The number of halogens is 1. The third kappa shape index (κ3) is 2.47. The van der Waals surface area contributed by atoms with E-state index in [9.17, 15) is 9.90 Å². The highest BCUT2D eigenvalue weighted by Crippen LogP contribution is 2.29. The number of rotatable bonds is 3. The number of carbonyl (C=O) groups is 1. The number of carbonyl (C=O) groups excluding carboxylic acids is 1. The first-order valence-corrected chi connectivity index (χ1v) is 6.91. The first kappa shape index (κ1) is 12.1. The van der Waals surface area contributed by atoms with Crippen molar-refractivity contribution in [3.63, 3.8) is 0 Å². The van der Waals surface area contributed by atoms with Gasteiger partial charge in [0.15, 0.2) is 0 Å². The van der Waals surface area contributed by atoms with Gasteiger partial charge in [-0.3, -0.25) is 4.79 Å². The molecule has 0 aliphatic heterocycles. The largest absolute Gasteiger partial charge is 0.393 e. The third-order valence-electron chi connectivity index (χ3n) is 2.90. The topological polar surface area (TPSA) is 40.5 Å². The molecule has 0 bridgehead atoms. The molecule has 1 N–H and O–H groups in total. The molecule has 1 aliphatic rings. The summed E-state index contributed by atoms with van der Waals surface area (Å²) in [5.41, 5.74) is 0. The van der Waals surface area contributed by atoms with Crippen LogP contribution in [0.25, 0.3) is 0 Å². The summed E-state index contributed by atoms with van der Waals surface area (Å²) in [6, 6.07) is 1.89. The van der Waals surface area contributed by atoms with Crippen LogP contribution in [-0.2, 0) is 0 Å². The Morgan fingerprint density at radius 3 is 2.88 bits per heavy atom. The molecule has 0 saturated heterocycles. The van der Waals surface area contributed by atoms with E-state index in [1.807, 2.05) is 18.5 Å². The fourth-order valence-electron chi connectivity index (χ4n) is 1.94. The molecule has 88 valence electrons. The van der Waals surface area contributed by atoms with Crippen molar-refractivity contribution >= 4 is 33.2 Å². The summed E-state index contributed by atoms with van der Waals surface area (Å²) in [5.74, 6) is 0.519. The first-order valence-electron chi connectivity index (χ1n) is 5.24. The minimum atomic E-state index is -0.151. The Hall–Kier alpha value is -0.390. The Bertz CT molecular complexity index is 387. The van der Waals surface area contributed by atoms with Gasteiger partial charge in [0.05, 0.1) is 6.10 Å². The minimum Gasteiger partial charge on any atom is -0.393 e. The number of aliphatic hydroxyl groups excluding tert-OH is 1. The highest BCUT2D eigenvalue weighted by atomic mass is 79.9. The van der Waals surface area contributed by atoms with Gasteiger partial charge in [-0.2, -0.15) is 0 Å². The molecule has 0 atom stereocenters. The number of hydrogen-bond donors (Lipinski definition) is 1. The van der Waals surface area contributed by atoms with Crippen LogP contribution in [0.4, 0.5) is 0 Å². The molecule has 3 nitrogen and oxygen atoms in total. The van der Waals surface area contributed by atoms with Crippen molar-refractivity contribution in [2.24, 2.45) is 5.92 Å². The van der Waals surface area contributed by atoms with Gasteiger partial charge in [-0.1, -0.05) is 0 Å². The van der Waals surface area contributed by atoms with Crippen LogP contribution in [-0.4, -0.2) is 35.6 Å². The van der Waals surface area contributed by atoms with E-state index >= 15 is 0 Å². The van der Waals surface area contributed by atoms with Crippen molar-refractivity contribution in [1.29, 1.82) is 0 Å². The maximum atomic E-state index is 12.0. The summed E-state index contributed by atoms with van der Waals surface area (Å²) in [6.07, 6.45) is 1.49. The van der Waals surface area contributed by atoms with Crippen LogP contribution in [0.15, 0.2) is 15.9 Å². The van der Waals surface area contributed by atoms with Gasteiger partial charge in [0.1, 0.15) is 4.88 Å². The molecule has 0 spiro atoms. The van der Waals surface area contributed by atoms with Gasteiger partial charge in [-0.05, 0) is 46.1 Å². The summed E-state index contributed by atoms with van der Waals surface area (Å²) < 4.78 is 0.864. The zero-order valence-corrected chi connectivity index (χ0v) is 11.4. The van der Waals surface area contributed by atoms with E-state index in [0.29, 0.717) is 5.92 Å². The van der Waals surface area contributed by atoms with Gasteiger partial charge >= 0.3 is 0 Å². The lowest BCUT2D eigenvalue weighted by Crippen LogP contribution is -2.39. The van der Waals surface area contributed by atoms with Crippen molar-refractivity contribution in [2.75, 3.05) is 13.6 Å². The molecule has 1 heterocycles. The van der Waals surface area contributed by atoms with Crippen molar-refractivity contribution in [1.82, 2.24) is 4.90 Å². The highest BCUT2D eigenvalue weighted by molar-refractivity contribution is 9.10. The van der Waals surface area contributed by atoms with Gasteiger partial charge < -0.3 is 10.0 Å². The van der Waals surface area contributed by atoms with E-state index in [1.165, 1.54) is 11.3 Å². The zero-order valence-electron chi connectivity index (χ0n) is 9.02. The predicted octanol–water partition coefficient (Wildman–Crippen LogP) is 2.35. The number of hydrogen-bond acceptors (Lipinski definition) is 3. The van der Waals surface area contributed by atoms with Crippen molar-refractivity contribution < 1.29 is 9.90 Å². The second-order valence-corrected chi connectivity index (χ2v) is 6.05. The molecule has 5 heteroatoms. The molecule has 1 amide bonds. The molecule has 16 heavy (non-hydrogen) atoms. The summed E-state index contributed by atoms with van der Waals surface area (Å²) in [5, 5.41) is 11.1. The van der Waals surface area contributed by atoms with Crippen LogP contribution in [0, 0.1) is 5.92 Å². The molecular formula is C11H14BrNO2S. The Balaban J connectivity index is 1.92. The van der Waals surface area contributed by atoms with Crippen molar-refractivity contribution in [3.8, 4) is 0 Å². The molecule has 1 fully saturated rings. The van der Waals surface area contributed by atoms with E-state index in [1.54, 1.807) is 4.90 Å². The van der Waals surface area contributed by atoms with E-state index < -0.39 is 0 Å². The number of aliphatic hydroxyl groups is 1. The van der Waals surface area contributed by atoms with Crippen LogP contribution in [0.3, 0.4) is 0 Å². The van der Waals surface area contributed by atoms with Crippen molar-refractivity contribution in [3.05, 3.63) is 20.8 Å². The Kier molecular flexibility index (Phi) is 3.66. The molecule has 1 aromatic rings. The summed E-state index contributed by atoms with van der Waals surface area (Å²) in [7, 11) is 1.82. The van der Waals surface area contributed by atoms with Crippen LogP contribution < -0.4 is 0 Å². The lowest BCUT2D eigenvalue weighted by Gasteiger charge is -2.34. The van der Waals surface area contributed by atoms with Gasteiger partial charge in [0.2, 0.25) is 0 Å². The Morgan fingerprint density at radius 1 is 1.69 bits per heavy atom. The van der Waals surface area contributed by atoms with Crippen molar-refractivity contribution in [2.45, 2.75) is 18.9 Å². The maximum absolute atomic E-state index is 12.0. The lowest BCUT2D eigenvalue weighted by atomic mass is 9.82. The van der Waals surface area contributed by atoms with Gasteiger partial charge in [-0.15, -0.1) is 11.3 Å². The molecule has 1 aromatic heterocycles. The first-order chi connectivity index (χ1) is 7.58. The van der Waals surface area contributed by atoms with Gasteiger partial charge in [0.25, 0.3) is 5.91 Å². The summed E-state index contributed by atoms with van der Waals surface area (Å²) >= 11 is 4.82. The summed E-state index contributed by atoms with van der Waals surface area (Å²) in [4.78, 5) is 14.5. The van der Waals surface area contributed by atoms with E-state index in [0.717, 1.165) is 28.7 Å². The van der Waals surface area contributed by atoms with E-state index in [2.05, 4.69) is 15.9 Å². The number of thiophene rings is 1. The van der Waals surface area contributed by atoms with E-state index in [4.69, 9.17) is 0 Å². The fourth-order valence-corrected chi connectivity index (χ4v) is 3.47. The second kappa shape index (κ2) is 4.85. The highest BCUT2D eigenvalue weighted by Gasteiger charge is 2.29. The smallest absolute Gasteiger partial charge is 0.264 e. The lowest BCUT2D eigenvalue weighted by molar-refractivity contribution is 0.0266. The normalized spacial score (nSPS) is 23.9. The molecular weight excluding hydrogens is 290 g/mol. The van der Waals surface area contributed by atoms with Crippen LogP contribution in [0.2, 0.25) is 0 Å². The molecule has 1 saturated carbocycles. The average molecular weight is 304 g/mol. The number of amides is 1. The van der Waals surface area contributed by atoms with Gasteiger partial charge in [-0.25, -0.2) is 0 Å². The Morgan fingerprint density at radius 2 is 2.38 bits per heavy atom. The average Bonchev–Trinajstić information content (AvgIpc) is 2.61. The summed E-state index contributed by atoms with van der Waals surface area (Å²) in [6.45, 7) is 0.736. The van der Waals surface area contributed by atoms with Crippen LogP contribution in [0.5, 0.6) is 0 Å². The maximum Gasteiger partial charge on any atom is 0.264 e. The fraction of sp³-hybridized carbons (Fsp3) is 0.545. The molecule has 2 rings (SSSR count). The quantitative estimate of drug-likeness (QED) is 0.931. The minimum absolute atomic E-state index is 0.0586. The molecule has 0 aromatic carbocycles. The second-order valence-electron chi connectivity index (χ2n) is 4.27. The SMILES string of the molecule is CN(CC1CC(O)C1)C(=O)c1sccc1Br. The molecule has 1 aliphatic carbocycles.